The number of ketones is 1. The minimum Gasteiger partial charge on any atom is -0.294 e. The molecule has 2 atom stereocenters. The molecular formula is C18H17ClO. The van der Waals surface area contributed by atoms with Gasteiger partial charge in [0, 0.05) is 16.5 Å². The number of hydrogen-bond acceptors (Lipinski definition) is 1. The fourth-order valence-electron chi connectivity index (χ4n) is 2.72. The van der Waals surface area contributed by atoms with Crippen molar-refractivity contribution >= 4 is 17.4 Å². The van der Waals surface area contributed by atoms with Crippen LogP contribution in [0.5, 0.6) is 0 Å². The first-order valence-corrected chi connectivity index (χ1v) is 7.46. The number of halogens is 1. The van der Waals surface area contributed by atoms with E-state index >= 15 is 0 Å². The van der Waals surface area contributed by atoms with Gasteiger partial charge in [0.25, 0.3) is 0 Å². The molecule has 1 aliphatic carbocycles. The van der Waals surface area contributed by atoms with Crippen LogP contribution in [0, 0.1) is 5.92 Å². The third-order valence-electron chi connectivity index (χ3n) is 4.08. The molecule has 1 aliphatic rings. The van der Waals surface area contributed by atoms with Gasteiger partial charge in [0.05, 0.1) is 0 Å². The van der Waals surface area contributed by atoms with Crippen LogP contribution in [0.4, 0.5) is 0 Å². The van der Waals surface area contributed by atoms with Crippen molar-refractivity contribution < 1.29 is 4.79 Å². The Morgan fingerprint density at radius 2 is 1.85 bits per heavy atom. The van der Waals surface area contributed by atoms with E-state index in [1.807, 2.05) is 48.5 Å². The van der Waals surface area contributed by atoms with Crippen molar-refractivity contribution in [1.82, 2.24) is 0 Å². The number of carbonyl (C=O) groups excluding carboxylic acids is 1. The van der Waals surface area contributed by atoms with Crippen LogP contribution in [0.15, 0.2) is 48.5 Å². The van der Waals surface area contributed by atoms with E-state index in [1.54, 1.807) is 0 Å². The van der Waals surface area contributed by atoms with Crippen molar-refractivity contribution in [3.63, 3.8) is 0 Å². The summed E-state index contributed by atoms with van der Waals surface area (Å²) in [4.78, 5) is 12.5. The molecule has 0 aromatic heterocycles. The molecule has 0 aliphatic heterocycles. The van der Waals surface area contributed by atoms with Crippen LogP contribution in [0.2, 0.25) is 5.02 Å². The van der Waals surface area contributed by atoms with Crippen molar-refractivity contribution in [3.8, 4) is 0 Å². The van der Waals surface area contributed by atoms with Gasteiger partial charge in [0.2, 0.25) is 0 Å². The third kappa shape index (κ3) is 2.51. The summed E-state index contributed by atoms with van der Waals surface area (Å²) in [6.45, 7) is 2.12. The van der Waals surface area contributed by atoms with E-state index in [2.05, 4.69) is 6.92 Å². The average molecular weight is 285 g/mol. The molecule has 0 bridgehead atoms. The summed E-state index contributed by atoms with van der Waals surface area (Å²) in [5.41, 5.74) is 3.19. The molecule has 102 valence electrons. The highest BCUT2D eigenvalue weighted by Crippen LogP contribution is 2.50. The Morgan fingerprint density at radius 1 is 1.15 bits per heavy atom. The summed E-state index contributed by atoms with van der Waals surface area (Å²) in [6, 6.07) is 15.8. The largest absolute Gasteiger partial charge is 0.294 e. The zero-order valence-corrected chi connectivity index (χ0v) is 12.2. The van der Waals surface area contributed by atoms with Crippen LogP contribution < -0.4 is 0 Å². The van der Waals surface area contributed by atoms with Gasteiger partial charge < -0.3 is 0 Å². The number of rotatable bonds is 4. The number of hydrogen-bond donors (Lipinski definition) is 0. The molecule has 0 N–H and O–H groups in total. The van der Waals surface area contributed by atoms with Crippen molar-refractivity contribution in [3.05, 3.63) is 70.2 Å². The van der Waals surface area contributed by atoms with Crippen molar-refractivity contribution in [1.29, 1.82) is 0 Å². The predicted octanol–water partition coefficient (Wildman–Crippen LogP) is 4.89. The molecule has 0 spiro atoms. The third-order valence-corrected chi connectivity index (χ3v) is 4.42. The molecule has 1 saturated carbocycles. The first-order chi connectivity index (χ1) is 9.70. The van der Waals surface area contributed by atoms with Crippen molar-refractivity contribution in [2.24, 2.45) is 5.92 Å². The highest BCUT2D eigenvalue weighted by atomic mass is 35.5. The van der Waals surface area contributed by atoms with Gasteiger partial charge in [-0.1, -0.05) is 61.0 Å². The molecule has 2 heteroatoms. The SMILES string of the molecule is CCc1ccc(C(=O)C2CC2c2ccccc2Cl)cc1. The van der Waals surface area contributed by atoms with E-state index in [0.29, 0.717) is 5.92 Å². The minimum atomic E-state index is 0.0994. The first kappa shape index (κ1) is 13.4. The van der Waals surface area contributed by atoms with Gasteiger partial charge >= 0.3 is 0 Å². The summed E-state index contributed by atoms with van der Waals surface area (Å²) in [6.07, 6.45) is 1.91. The minimum absolute atomic E-state index is 0.0994. The summed E-state index contributed by atoms with van der Waals surface area (Å²) >= 11 is 6.20. The van der Waals surface area contributed by atoms with Crippen LogP contribution in [-0.2, 0) is 6.42 Å². The maximum atomic E-state index is 12.5. The van der Waals surface area contributed by atoms with Crippen LogP contribution in [-0.4, -0.2) is 5.78 Å². The second-order valence-electron chi connectivity index (χ2n) is 5.38. The summed E-state index contributed by atoms with van der Waals surface area (Å²) in [7, 11) is 0. The summed E-state index contributed by atoms with van der Waals surface area (Å²) < 4.78 is 0. The smallest absolute Gasteiger partial charge is 0.166 e. The quantitative estimate of drug-likeness (QED) is 0.731. The molecule has 3 rings (SSSR count). The van der Waals surface area contributed by atoms with E-state index in [9.17, 15) is 4.79 Å². The van der Waals surface area contributed by atoms with E-state index < -0.39 is 0 Å². The van der Waals surface area contributed by atoms with Crippen molar-refractivity contribution in [2.45, 2.75) is 25.7 Å². The monoisotopic (exact) mass is 284 g/mol. The highest BCUT2D eigenvalue weighted by Gasteiger charge is 2.44. The molecule has 2 aromatic rings. The fraction of sp³-hybridized carbons (Fsp3) is 0.278. The Morgan fingerprint density at radius 3 is 2.50 bits per heavy atom. The van der Waals surface area contributed by atoms with Crippen LogP contribution in [0.3, 0.4) is 0 Å². The molecule has 1 nitrogen and oxygen atoms in total. The zero-order chi connectivity index (χ0) is 14.1. The predicted molar refractivity (Wildman–Crippen MR) is 82.5 cm³/mol. The molecule has 1 fully saturated rings. The second-order valence-corrected chi connectivity index (χ2v) is 5.79. The lowest BCUT2D eigenvalue weighted by molar-refractivity contribution is 0.0965. The number of carbonyl (C=O) groups is 1. The molecule has 20 heavy (non-hydrogen) atoms. The lowest BCUT2D eigenvalue weighted by Crippen LogP contribution is -2.03. The molecule has 0 radical (unpaired) electrons. The lowest BCUT2D eigenvalue weighted by Gasteiger charge is -2.04. The number of benzene rings is 2. The zero-order valence-electron chi connectivity index (χ0n) is 11.5. The van der Waals surface area contributed by atoms with E-state index in [1.165, 1.54) is 5.56 Å². The normalized spacial score (nSPS) is 20.7. The molecule has 2 unspecified atom stereocenters. The van der Waals surface area contributed by atoms with Crippen LogP contribution in [0.25, 0.3) is 0 Å². The van der Waals surface area contributed by atoms with E-state index in [-0.39, 0.29) is 11.7 Å². The molecule has 0 heterocycles. The van der Waals surface area contributed by atoms with Gasteiger partial charge in [-0.05, 0) is 36.0 Å². The van der Waals surface area contributed by atoms with E-state index in [4.69, 9.17) is 11.6 Å². The van der Waals surface area contributed by atoms with Gasteiger partial charge in [-0.25, -0.2) is 0 Å². The average Bonchev–Trinajstić information content (AvgIpc) is 3.27. The van der Waals surface area contributed by atoms with Gasteiger partial charge in [0.15, 0.2) is 5.78 Å². The number of aryl methyl sites for hydroxylation is 1. The van der Waals surface area contributed by atoms with Gasteiger partial charge in [-0.2, -0.15) is 0 Å². The topological polar surface area (TPSA) is 17.1 Å². The Kier molecular flexibility index (Phi) is 3.62. The lowest BCUT2D eigenvalue weighted by atomic mass is 10.0. The Bertz CT molecular complexity index is 630. The molecule has 2 aromatic carbocycles. The van der Waals surface area contributed by atoms with Gasteiger partial charge in [-0.3, -0.25) is 4.79 Å². The van der Waals surface area contributed by atoms with Gasteiger partial charge in [0.1, 0.15) is 0 Å². The first-order valence-electron chi connectivity index (χ1n) is 7.08. The Hall–Kier alpha value is -1.60. The fourth-order valence-corrected chi connectivity index (χ4v) is 3.00. The standard InChI is InChI=1S/C18H17ClO/c1-2-12-7-9-13(10-8-12)18(20)16-11-15(16)14-5-3-4-6-17(14)19/h3-10,15-16H,2,11H2,1H3. The maximum absolute atomic E-state index is 12.5. The van der Waals surface area contributed by atoms with Crippen molar-refractivity contribution in [2.75, 3.05) is 0 Å². The number of Topliss-reactive ketones (excluding diaryl/α,β-unsaturated/α-hetero) is 1. The highest BCUT2D eigenvalue weighted by molar-refractivity contribution is 6.31. The van der Waals surface area contributed by atoms with Gasteiger partial charge in [-0.15, -0.1) is 0 Å². The Labute approximate surface area is 124 Å². The van der Waals surface area contributed by atoms with E-state index in [0.717, 1.165) is 29.0 Å². The van der Waals surface area contributed by atoms with Crippen LogP contribution in [0.1, 0.15) is 40.7 Å². The summed E-state index contributed by atoms with van der Waals surface area (Å²) in [5.74, 6) is 0.641. The molecular weight excluding hydrogens is 268 g/mol. The maximum Gasteiger partial charge on any atom is 0.166 e. The molecule has 0 amide bonds. The van der Waals surface area contributed by atoms with Crippen LogP contribution >= 0.6 is 11.6 Å². The Balaban J connectivity index is 1.75. The second kappa shape index (κ2) is 5.41. The molecule has 0 saturated heterocycles. The summed E-state index contributed by atoms with van der Waals surface area (Å²) in [5, 5.41) is 0.772.